The minimum Gasteiger partial charge on any atom is -0.452 e. The average molecular weight is 594 g/mol. The van der Waals surface area contributed by atoms with Gasteiger partial charge in [-0.2, -0.15) is 0 Å². The van der Waals surface area contributed by atoms with Gasteiger partial charge in [-0.3, -0.25) is 0 Å². The van der Waals surface area contributed by atoms with Gasteiger partial charge in [-0.15, -0.1) is 11.3 Å². The average Bonchev–Trinajstić information content (AvgIpc) is 3.77. The number of fused-ring (bicyclic) bond motifs is 10. The van der Waals surface area contributed by atoms with Crippen molar-refractivity contribution in [3.8, 4) is 28.3 Å². The quantitative estimate of drug-likeness (QED) is 0.205. The number of rotatable bonds is 3. The molecule has 0 aliphatic rings. The molecule has 10 aromatic rings. The molecule has 0 bridgehead atoms. The lowest BCUT2D eigenvalue weighted by Gasteiger charge is -2.09. The number of aromatic nitrogens is 3. The van der Waals surface area contributed by atoms with E-state index in [1.165, 1.54) is 42.0 Å². The number of furan rings is 1. The van der Waals surface area contributed by atoms with Crippen LogP contribution in [0.15, 0.2) is 144 Å². The summed E-state index contributed by atoms with van der Waals surface area (Å²) in [5, 5.41) is 6.03. The molecule has 0 amide bonds. The summed E-state index contributed by atoms with van der Waals surface area (Å²) in [5.74, 6) is 0.683. The van der Waals surface area contributed by atoms with Crippen LogP contribution in [0.1, 0.15) is 0 Å². The van der Waals surface area contributed by atoms with Gasteiger partial charge in [0, 0.05) is 59.2 Å². The molecule has 0 radical (unpaired) electrons. The van der Waals surface area contributed by atoms with E-state index in [1.807, 2.05) is 59.9 Å². The van der Waals surface area contributed by atoms with Crippen LogP contribution in [0, 0.1) is 0 Å². The maximum Gasteiger partial charge on any atom is 0.180 e. The summed E-state index contributed by atoms with van der Waals surface area (Å²) in [7, 11) is 0. The van der Waals surface area contributed by atoms with E-state index < -0.39 is 0 Å². The molecule has 4 nitrogen and oxygen atoms in total. The zero-order valence-electron chi connectivity index (χ0n) is 23.9. The molecule has 0 aliphatic heterocycles. The first-order valence-electron chi connectivity index (χ1n) is 15.0. The zero-order chi connectivity index (χ0) is 29.5. The fourth-order valence-corrected chi connectivity index (χ4v) is 7.92. The van der Waals surface area contributed by atoms with Gasteiger partial charge in [-0.05, 0) is 30.3 Å². The minimum absolute atomic E-state index is 0.683. The van der Waals surface area contributed by atoms with E-state index in [0.717, 1.165) is 39.0 Å². The maximum absolute atomic E-state index is 6.70. The summed E-state index contributed by atoms with van der Waals surface area (Å²) >= 11 is 1.85. The fraction of sp³-hybridized carbons (Fsp3) is 0. The Bertz CT molecular complexity index is 2760. The van der Waals surface area contributed by atoms with Gasteiger partial charge in [0.1, 0.15) is 16.8 Å². The van der Waals surface area contributed by atoms with E-state index in [0.29, 0.717) is 11.4 Å². The van der Waals surface area contributed by atoms with Crippen LogP contribution >= 0.6 is 11.3 Å². The van der Waals surface area contributed by atoms with Gasteiger partial charge in [0.25, 0.3) is 0 Å². The minimum atomic E-state index is 0.683. The van der Waals surface area contributed by atoms with E-state index in [9.17, 15) is 0 Å². The van der Waals surface area contributed by atoms with Crippen molar-refractivity contribution < 1.29 is 4.42 Å². The highest BCUT2D eigenvalue weighted by Gasteiger charge is 2.21. The molecule has 0 fully saturated rings. The molecule has 10 rings (SSSR count). The second kappa shape index (κ2) is 9.36. The lowest BCUT2D eigenvalue weighted by molar-refractivity contribution is 0.667. The molecule has 0 spiro atoms. The van der Waals surface area contributed by atoms with E-state index in [-0.39, 0.29) is 0 Å². The molecule has 0 atom stereocenters. The van der Waals surface area contributed by atoms with Crippen molar-refractivity contribution in [1.82, 2.24) is 14.5 Å². The monoisotopic (exact) mass is 593 g/mol. The van der Waals surface area contributed by atoms with Gasteiger partial charge < -0.3 is 8.98 Å². The summed E-state index contributed by atoms with van der Waals surface area (Å²) in [6.45, 7) is 0. The van der Waals surface area contributed by atoms with Gasteiger partial charge in [-0.25, -0.2) is 9.97 Å². The van der Waals surface area contributed by atoms with Crippen molar-refractivity contribution in [3.63, 3.8) is 0 Å². The summed E-state index contributed by atoms with van der Waals surface area (Å²) < 4.78 is 11.7. The maximum atomic E-state index is 6.70. The van der Waals surface area contributed by atoms with E-state index in [4.69, 9.17) is 14.4 Å². The first kappa shape index (κ1) is 24.6. The largest absolute Gasteiger partial charge is 0.452 e. The van der Waals surface area contributed by atoms with E-state index in [2.05, 4.69) is 95.6 Å². The standard InChI is InChI=1S/C40H23N3OS/c1-3-11-24(12-4-1)36-39-37(42-40(41-36)25-13-5-2-6-14-25)29-20-19-26(23-32(29)44-39)43-31-17-9-7-15-27(31)28-21-22-34-35(38(28)43)30-16-8-10-18-33(30)45-34/h1-23H. The first-order valence-corrected chi connectivity index (χ1v) is 15.8. The van der Waals surface area contributed by atoms with Crippen molar-refractivity contribution in [2.24, 2.45) is 0 Å². The number of para-hydroxylation sites is 1. The van der Waals surface area contributed by atoms with Gasteiger partial charge >= 0.3 is 0 Å². The molecule has 0 N–H and O–H groups in total. The van der Waals surface area contributed by atoms with Gasteiger partial charge in [0.15, 0.2) is 11.4 Å². The highest BCUT2D eigenvalue weighted by molar-refractivity contribution is 7.26. The molecule has 0 aliphatic carbocycles. The summed E-state index contributed by atoms with van der Waals surface area (Å²) in [5.41, 5.74) is 8.50. The van der Waals surface area contributed by atoms with Crippen molar-refractivity contribution in [3.05, 3.63) is 140 Å². The molecule has 0 unspecified atom stereocenters. The molecule has 0 saturated carbocycles. The second-order valence-corrected chi connectivity index (χ2v) is 12.5. The summed E-state index contributed by atoms with van der Waals surface area (Å²) in [6.07, 6.45) is 0. The Morgan fingerprint density at radius 3 is 2.11 bits per heavy atom. The van der Waals surface area contributed by atoms with Crippen molar-refractivity contribution in [2.45, 2.75) is 0 Å². The topological polar surface area (TPSA) is 43.9 Å². The smallest absolute Gasteiger partial charge is 0.180 e. The molecule has 6 aromatic carbocycles. The van der Waals surface area contributed by atoms with Gasteiger partial charge in [0.2, 0.25) is 0 Å². The molecule has 210 valence electrons. The second-order valence-electron chi connectivity index (χ2n) is 11.4. The Kier molecular flexibility index (Phi) is 5.12. The highest BCUT2D eigenvalue weighted by Crippen LogP contribution is 2.44. The van der Waals surface area contributed by atoms with Crippen LogP contribution in [0.4, 0.5) is 0 Å². The van der Waals surface area contributed by atoms with E-state index >= 15 is 0 Å². The SMILES string of the molecule is c1ccc(-c2nc(-c3ccccc3)c3oc4cc(-n5c6ccccc6c6ccc7sc8ccccc8c7c65)ccc4c3n2)cc1. The number of thiophene rings is 1. The number of hydrogen-bond acceptors (Lipinski definition) is 4. The molecular weight excluding hydrogens is 571 g/mol. The Morgan fingerprint density at radius 1 is 0.556 bits per heavy atom. The normalized spacial score (nSPS) is 12.0. The van der Waals surface area contributed by atoms with Crippen LogP contribution in [0.5, 0.6) is 0 Å². The third kappa shape index (κ3) is 3.59. The van der Waals surface area contributed by atoms with Crippen LogP contribution < -0.4 is 0 Å². The lowest BCUT2D eigenvalue weighted by atomic mass is 10.1. The molecule has 0 saturated heterocycles. The third-order valence-corrected chi connectivity index (χ3v) is 9.95. The third-order valence-electron chi connectivity index (χ3n) is 8.81. The predicted molar refractivity (Wildman–Crippen MR) is 187 cm³/mol. The van der Waals surface area contributed by atoms with Gasteiger partial charge in [0.05, 0.1) is 11.0 Å². The van der Waals surface area contributed by atoms with Crippen molar-refractivity contribution in [2.75, 3.05) is 0 Å². The Balaban J connectivity index is 1.29. The predicted octanol–water partition coefficient (Wildman–Crippen LogP) is 11.2. The molecule has 4 aromatic heterocycles. The highest BCUT2D eigenvalue weighted by atomic mass is 32.1. The zero-order valence-corrected chi connectivity index (χ0v) is 24.8. The molecule has 45 heavy (non-hydrogen) atoms. The van der Waals surface area contributed by atoms with E-state index in [1.54, 1.807) is 0 Å². The fourth-order valence-electron chi connectivity index (χ4n) is 6.81. The van der Waals surface area contributed by atoms with Crippen LogP contribution in [0.3, 0.4) is 0 Å². The number of hydrogen-bond donors (Lipinski definition) is 0. The number of benzene rings is 6. The van der Waals surface area contributed by atoms with Crippen molar-refractivity contribution >= 4 is 75.4 Å². The Labute approximate surface area is 261 Å². The molecule has 4 heterocycles. The van der Waals surface area contributed by atoms with Crippen LogP contribution in [-0.4, -0.2) is 14.5 Å². The summed E-state index contributed by atoms with van der Waals surface area (Å²) in [6, 6.07) is 48.8. The van der Waals surface area contributed by atoms with Gasteiger partial charge in [-0.1, -0.05) is 103 Å². The Morgan fingerprint density at radius 2 is 1.27 bits per heavy atom. The first-order chi connectivity index (χ1) is 22.3. The lowest BCUT2D eigenvalue weighted by Crippen LogP contribution is -1.94. The molecular formula is C40H23N3OS. The summed E-state index contributed by atoms with van der Waals surface area (Å²) in [4.78, 5) is 10.1. The Hall–Kier alpha value is -5.78. The van der Waals surface area contributed by atoms with Crippen LogP contribution in [0.25, 0.3) is 92.4 Å². The van der Waals surface area contributed by atoms with Crippen LogP contribution in [-0.2, 0) is 0 Å². The van der Waals surface area contributed by atoms with Crippen molar-refractivity contribution in [1.29, 1.82) is 0 Å². The van der Waals surface area contributed by atoms with Crippen LogP contribution in [0.2, 0.25) is 0 Å². The molecule has 5 heteroatoms. The number of nitrogens with zero attached hydrogens (tertiary/aromatic N) is 3.